The quantitative estimate of drug-likeness (QED) is 0.501. The van der Waals surface area contributed by atoms with E-state index in [4.69, 9.17) is 21.3 Å². The van der Waals surface area contributed by atoms with E-state index >= 15 is 0 Å². The Kier molecular flexibility index (Phi) is 7.10. The second kappa shape index (κ2) is 9.54. The number of aromatic nitrogens is 2. The van der Waals surface area contributed by atoms with Gasteiger partial charge >= 0.3 is 0 Å². The minimum Gasteiger partial charge on any atom is -0.383 e. The van der Waals surface area contributed by atoms with Crippen LogP contribution in [0, 0.1) is 5.92 Å². The molecular weight excluding hydrogens is 394 g/mol. The lowest BCUT2D eigenvalue weighted by Crippen LogP contribution is -2.36. The highest BCUT2D eigenvalue weighted by Crippen LogP contribution is 2.25. The molecule has 0 radical (unpaired) electrons. The van der Waals surface area contributed by atoms with Gasteiger partial charge in [-0.3, -0.25) is 9.20 Å². The number of benzene rings is 1. The van der Waals surface area contributed by atoms with E-state index in [1.165, 1.54) is 0 Å². The van der Waals surface area contributed by atoms with Gasteiger partial charge in [0.25, 0.3) is 0 Å². The molecule has 0 saturated carbocycles. The predicted octanol–water partition coefficient (Wildman–Crippen LogP) is 4.78. The lowest BCUT2D eigenvalue weighted by molar-refractivity contribution is -0.132. The van der Waals surface area contributed by atoms with E-state index in [0.717, 1.165) is 28.3 Å². The average molecular weight is 420 g/mol. The van der Waals surface area contributed by atoms with Crippen molar-refractivity contribution in [3.8, 4) is 11.3 Å². The van der Waals surface area contributed by atoms with Gasteiger partial charge in [0.2, 0.25) is 5.91 Å². The number of amides is 1. The average Bonchev–Trinajstić information content (AvgIpc) is 3.23. The first-order valence-corrected chi connectivity index (χ1v) is 10.7. The van der Waals surface area contributed by atoms with Gasteiger partial charge in [0.05, 0.1) is 12.3 Å². The molecule has 0 saturated heterocycles. The molecule has 0 aliphatic rings. The van der Waals surface area contributed by atoms with Crippen LogP contribution in [0.2, 0.25) is 5.02 Å². The summed E-state index contributed by atoms with van der Waals surface area (Å²) in [6.07, 6.45) is 3.40. The van der Waals surface area contributed by atoms with Crippen molar-refractivity contribution in [1.82, 2.24) is 14.3 Å². The van der Waals surface area contributed by atoms with Crippen molar-refractivity contribution in [2.45, 2.75) is 26.7 Å². The molecule has 0 aliphatic heterocycles. The van der Waals surface area contributed by atoms with Crippen LogP contribution >= 0.6 is 22.9 Å². The number of hydrogen-bond acceptors (Lipinski definition) is 4. The minimum atomic E-state index is 0.186. The summed E-state index contributed by atoms with van der Waals surface area (Å²) in [5.41, 5.74) is 3.13. The van der Waals surface area contributed by atoms with Crippen molar-refractivity contribution in [3.63, 3.8) is 0 Å². The molecule has 0 aliphatic carbocycles. The van der Waals surface area contributed by atoms with Crippen LogP contribution in [0.15, 0.2) is 35.8 Å². The summed E-state index contributed by atoms with van der Waals surface area (Å²) in [5.74, 6) is 0.534. The molecule has 0 fully saturated rings. The molecule has 1 amide bonds. The number of rotatable bonds is 9. The van der Waals surface area contributed by atoms with E-state index in [9.17, 15) is 4.79 Å². The van der Waals surface area contributed by atoms with Crippen LogP contribution < -0.4 is 0 Å². The first kappa shape index (κ1) is 20.8. The number of carbonyl (C=O) groups is 1. The zero-order valence-corrected chi connectivity index (χ0v) is 18.1. The molecule has 3 aromatic rings. The Balaban J connectivity index is 1.73. The molecule has 2 aromatic heterocycles. The number of ether oxygens (including phenoxy) is 1. The molecule has 5 nitrogen and oxygen atoms in total. The van der Waals surface area contributed by atoms with Gasteiger partial charge in [-0.1, -0.05) is 37.6 Å². The Labute approximate surface area is 174 Å². The van der Waals surface area contributed by atoms with Gasteiger partial charge < -0.3 is 9.64 Å². The molecule has 0 N–H and O–H groups in total. The number of imidazole rings is 1. The molecule has 0 spiro atoms. The number of carbonyl (C=O) groups excluding carboxylic acids is 1. The van der Waals surface area contributed by atoms with Gasteiger partial charge in [0.1, 0.15) is 0 Å². The summed E-state index contributed by atoms with van der Waals surface area (Å²) >= 11 is 7.60. The normalized spacial score (nSPS) is 11.5. The summed E-state index contributed by atoms with van der Waals surface area (Å²) in [7, 11) is 1.66. The van der Waals surface area contributed by atoms with Crippen molar-refractivity contribution in [2.24, 2.45) is 5.92 Å². The Bertz CT molecular complexity index is 918. The molecule has 2 heterocycles. The zero-order chi connectivity index (χ0) is 20.1. The second-order valence-electron chi connectivity index (χ2n) is 7.23. The lowest BCUT2D eigenvalue weighted by atomic mass is 10.1. The summed E-state index contributed by atoms with van der Waals surface area (Å²) in [6, 6.07) is 7.70. The molecule has 0 unspecified atom stereocenters. The SMILES string of the molecule is COCCN(CCc1csc2nc(-c3ccc(Cl)cc3)cn12)C(=O)CC(C)C. The third-order valence-electron chi connectivity index (χ3n) is 4.56. The van der Waals surface area contributed by atoms with Crippen LogP contribution in [-0.2, 0) is 16.0 Å². The van der Waals surface area contributed by atoms with Gasteiger partial charge in [-0.25, -0.2) is 4.98 Å². The lowest BCUT2D eigenvalue weighted by Gasteiger charge is -2.23. The van der Waals surface area contributed by atoms with Crippen molar-refractivity contribution >= 4 is 33.8 Å². The third kappa shape index (κ3) is 5.13. The van der Waals surface area contributed by atoms with E-state index in [1.54, 1.807) is 18.4 Å². The van der Waals surface area contributed by atoms with Crippen molar-refractivity contribution in [2.75, 3.05) is 26.8 Å². The number of nitrogens with zero attached hydrogens (tertiary/aromatic N) is 3. The summed E-state index contributed by atoms with van der Waals surface area (Å²) < 4.78 is 7.30. The number of hydrogen-bond donors (Lipinski definition) is 0. The fourth-order valence-electron chi connectivity index (χ4n) is 3.06. The van der Waals surface area contributed by atoms with Crippen molar-refractivity contribution < 1.29 is 9.53 Å². The van der Waals surface area contributed by atoms with Gasteiger partial charge in [-0.15, -0.1) is 11.3 Å². The monoisotopic (exact) mass is 419 g/mol. The fourth-order valence-corrected chi connectivity index (χ4v) is 4.09. The number of methoxy groups -OCH3 is 1. The van der Waals surface area contributed by atoms with Gasteiger partial charge in [0, 0.05) is 60.9 Å². The number of halogens is 1. The van der Waals surface area contributed by atoms with Crippen LogP contribution in [0.4, 0.5) is 0 Å². The Morgan fingerprint density at radius 1 is 1.29 bits per heavy atom. The van der Waals surface area contributed by atoms with Crippen LogP contribution in [0.5, 0.6) is 0 Å². The maximum absolute atomic E-state index is 12.5. The smallest absolute Gasteiger partial charge is 0.222 e. The van der Waals surface area contributed by atoms with Crippen LogP contribution in [0.25, 0.3) is 16.2 Å². The van der Waals surface area contributed by atoms with Gasteiger partial charge in [-0.05, 0) is 18.1 Å². The third-order valence-corrected chi connectivity index (χ3v) is 5.70. The summed E-state index contributed by atoms with van der Waals surface area (Å²) in [6.45, 7) is 5.98. The molecule has 150 valence electrons. The number of fused-ring (bicyclic) bond motifs is 1. The largest absolute Gasteiger partial charge is 0.383 e. The molecule has 0 atom stereocenters. The molecule has 0 bridgehead atoms. The van der Waals surface area contributed by atoms with Crippen LogP contribution in [0.3, 0.4) is 0 Å². The summed E-state index contributed by atoms with van der Waals surface area (Å²) in [5, 5.41) is 2.84. The van der Waals surface area contributed by atoms with Crippen LogP contribution in [-0.4, -0.2) is 47.0 Å². The van der Waals surface area contributed by atoms with Crippen LogP contribution in [0.1, 0.15) is 26.0 Å². The highest BCUT2D eigenvalue weighted by Gasteiger charge is 2.16. The van der Waals surface area contributed by atoms with Gasteiger partial charge in [-0.2, -0.15) is 0 Å². The molecule has 28 heavy (non-hydrogen) atoms. The minimum absolute atomic E-state index is 0.186. The molecule has 3 rings (SSSR count). The van der Waals surface area contributed by atoms with Gasteiger partial charge in [0.15, 0.2) is 4.96 Å². The Morgan fingerprint density at radius 2 is 2.04 bits per heavy atom. The first-order valence-electron chi connectivity index (χ1n) is 9.46. The second-order valence-corrected chi connectivity index (χ2v) is 8.51. The highest BCUT2D eigenvalue weighted by atomic mass is 35.5. The predicted molar refractivity (Wildman–Crippen MR) is 115 cm³/mol. The van der Waals surface area contributed by atoms with E-state index in [0.29, 0.717) is 37.1 Å². The number of thiazole rings is 1. The molecule has 1 aromatic carbocycles. The summed E-state index contributed by atoms with van der Waals surface area (Å²) in [4.78, 5) is 20.1. The Morgan fingerprint density at radius 3 is 2.71 bits per heavy atom. The molecule has 7 heteroatoms. The molecular formula is C21H26ClN3O2S. The maximum atomic E-state index is 12.5. The first-order chi connectivity index (χ1) is 13.5. The van der Waals surface area contributed by atoms with E-state index < -0.39 is 0 Å². The fraction of sp³-hybridized carbons (Fsp3) is 0.429. The van der Waals surface area contributed by atoms with E-state index in [2.05, 4.69) is 29.8 Å². The van der Waals surface area contributed by atoms with E-state index in [-0.39, 0.29) is 5.91 Å². The van der Waals surface area contributed by atoms with Crippen molar-refractivity contribution in [1.29, 1.82) is 0 Å². The van der Waals surface area contributed by atoms with E-state index in [1.807, 2.05) is 29.2 Å². The highest BCUT2D eigenvalue weighted by molar-refractivity contribution is 7.15. The standard InChI is InChI=1S/C21H26ClN3O2S/c1-15(2)12-20(26)24(10-11-27-3)9-8-18-14-28-21-23-19(13-25(18)21)16-4-6-17(22)7-5-16/h4-7,13-15H,8-12H2,1-3H3. The van der Waals surface area contributed by atoms with Crippen molar-refractivity contribution in [3.05, 3.63) is 46.6 Å². The topological polar surface area (TPSA) is 46.8 Å². The maximum Gasteiger partial charge on any atom is 0.222 e. The zero-order valence-electron chi connectivity index (χ0n) is 16.5. The Hall–Kier alpha value is -1.89.